The zero-order valence-electron chi connectivity index (χ0n) is 26.5. The summed E-state index contributed by atoms with van der Waals surface area (Å²) in [6.07, 6.45) is 0. The van der Waals surface area contributed by atoms with E-state index in [-0.39, 0.29) is 0 Å². The molecule has 0 unspecified atom stereocenters. The predicted octanol–water partition coefficient (Wildman–Crippen LogP) is 11.7. The van der Waals surface area contributed by atoms with Gasteiger partial charge in [0.15, 0.2) is 23.3 Å². The van der Waals surface area contributed by atoms with Gasteiger partial charge in [-0.2, -0.15) is 0 Å². The van der Waals surface area contributed by atoms with E-state index < -0.39 is 0 Å². The molecule has 6 aromatic carbocycles. The summed E-state index contributed by atoms with van der Waals surface area (Å²) in [7, 11) is 0. The van der Waals surface area contributed by atoms with Crippen molar-refractivity contribution in [3.05, 3.63) is 152 Å². The fraction of sp³-hybridized carbons (Fsp3) is 0. The first-order valence-corrected chi connectivity index (χ1v) is 18.0. The Kier molecular flexibility index (Phi) is 6.79. The number of aromatic nitrogens is 5. The van der Waals surface area contributed by atoms with Crippen LogP contribution in [0.1, 0.15) is 0 Å². The molecule has 0 saturated heterocycles. The summed E-state index contributed by atoms with van der Waals surface area (Å²) in [5.41, 5.74) is 6.75. The van der Waals surface area contributed by atoms with Gasteiger partial charge in [-0.05, 0) is 18.2 Å². The van der Waals surface area contributed by atoms with Gasteiger partial charge in [-0.15, -0.1) is 22.7 Å². The fourth-order valence-corrected chi connectivity index (χ4v) is 9.08. The smallest absolute Gasteiger partial charge is 0.165 e. The Labute approximate surface area is 295 Å². The lowest BCUT2D eigenvalue weighted by Crippen LogP contribution is -2.00. The molecule has 0 bridgehead atoms. The maximum Gasteiger partial charge on any atom is 0.165 e. The number of benzene rings is 6. The molecule has 4 aromatic heterocycles. The Bertz CT molecular complexity index is 2810. The van der Waals surface area contributed by atoms with Gasteiger partial charge in [0.05, 0.1) is 15.9 Å². The number of nitrogens with zero attached hydrogens (tertiary/aromatic N) is 5. The van der Waals surface area contributed by atoms with Gasteiger partial charge in [0.2, 0.25) is 0 Å². The zero-order chi connectivity index (χ0) is 33.0. The minimum absolute atomic E-state index is 0.624. The average molecular weight is 676 g/mol. The molecule has 0 fully saturated rings. The molecule has 0 N–H and O–H groups in total. The second-order valence-electron chi connectivity index (χ2n) is 12.0. The Balaban J connectivity index is 1.24. The molecular weight excluding hydrogens is 651 g/mol. The van der Waals surface area contributed by atoms with E-state index in [0.29, 0.717) is 17.5 Å². The minimum Gasteiger partial charge on any atom is -0.226 e. The highest BCUT2D eigenvalue weighted by atomic mass is 32.1. The van der Waals surface area contributed by atoms with Gasteiger partial charge >= 0.3 is 0 Å². The van der Waals surface area contributed by atoms with Crippen LogP contribution in [-0.4, -0.2) is 24.9 Å². The lowest BCUT2D eigenvalue weighted by atomic mass is 10.1. The van der Waals surface area contributed by atoms with E-state index in [1.807, 2.05) is 66.7 Å². The quantitative estimate of drug-likeness (QED) is 0.182. The normalized spacial score (nSPS) is 11.6. The Morgan fingerprint density at radius 1 is 0.320 bits per heavy atom. The average Bonchev–Trinajstić information content (AvgIpc) is 3.77. The molecule has 0 atom stereocenters. The monoisotopic (exact) mass is 675 g/mol. The third-order valence-corrected chi connectivity index (χ3v) is 11.4. The zero-order valence-corrected chi connectivity index (χ0v) is 28.1. The van der Waals surface area contributed by atoms with Gasteiger partial charge in [0.25, 0.3) is 0 Å². The maximum atomic E-state index is 5.36. The highest BCUT2D eigenvalue weighted by Gasteiger charge is 2.22. The van der Waals surface area contributed by atoms with Crippen LogP contribution in [0.4, 0.5) is 0 Å². The van der Waals surface area contributed by atoms with Crippen molar-refractivity contribution in [1.82, 2.24) is 24.9 Å². The molecule has 10 aromatic rings. The molecule has 0 radical (unpaired) electrons. The third kappa shape index (κ3) is 4.78. The molecular formula is C43H25N5S2. The summed E-state index contributed by atoms with van der Waals surface area (Å²) in [5, 5.41) is 3.53. The van der Waals surface area contributed by atoms with Crippen molar-refractivity contribution in [2.45, 2.75) is 0 Å². The highest BCUT2D eigenvalue weighted by molar-refractivity contribution is 7.27. The van der Waals surface area contributed by atoms with Crippen molar-refractivity contribution >= 4 is 63.1 Å². The summed E-state index contributed by atoms with van der Waals surface area (Å²) in [4.78, 5) is 25.8. The Morgan fingerprint density at radius 3 is 1.48 bits per heavy atom. The van der Waals surface area contributed by atoms with Crippen molar-refractivity contribution in [2.75, 3.05) is 0 Å². The molecule has 4 heterocycles. The van der Waals surface area contributed by atoms with Gasteiger partial charge in [-0.3, -0.25) is 0 Å². The van der Waals surface area contributed by atoms with Crippen LogP contribution in [0.25, 0.3) is 97.3 Å². The summed E-state index contributed by atoms with van der Waals surface area (Å²) < 4.78 is 4.55. The summed E-state index contributed by atoms with van der Waals surface area (Å²) in [5.74, 6) is 2.61. The van der Waals surface area contributed by atoms with Gasteiger partial charge in [-0.1, -0.05) is 133 Å². The molecule has 0 amide bonds. The second kappa shape index (κ2) is 11.8. The molecule has 0 aliphatic carbocycles. The molecule has 234 valence electrons. The number of hydrogen-bond donors (Lipinski definition) is 0. The van der Waals surface area contributed by atoms with E-state index in [1.165, 1.54) is 20.2 Å². The molecule has 0 aliphatic heterocycles. The van der Waals surface area contributed by atoms with Gasteiger partial charge in [0.1, 0.15) is 0 Å². The molecule has 0 saturated carbocycles. The van der Waals surface area contributed by atoms with Crippen LogP contribution in [0.2, 0.25) is 0 Å². The summed E-state index contributed by atoms with van der Waals surface area (Å²) >= 11 is 3.49. The van der Waals surface area contributed by atoms with E-state index in [1.54, 1.807) is 22.7 Å². The van der Waals surface area contributed by atoms with Crippen LogP contribution in [0, 0.1) is 0 Å². The first kappa shape index (κ1) is 28.8. The summed E-state index contributed by atoms with van der Waals surface area (Å²) in [6.45, 7) is 0. The van der Waals surface area contributed by atoms with Crippen molar-refractivity contribution in [1.29, 1.82) is 0 Å². The van der Waals surface area contributed by atoms with Crippen molar-refractivity contribution in [2.24, 2.45) is 0 Å². The maximum absolute atomic E-state index is 5.36. The van der Waals surface area contributed by atoms with Gasteiger partial charge < -0.3 is 0 Å². The van der Waals surface area contributed by atoms with Crippen molar-refractivity contribution in [3.8, 4) is 56.8 Å². The SMILES string of the molecule is c1ccc(-c2nc(-c3ccccc3)nc(-c3cccc4c3sc3c(-c5ccccc5)nc(-c5cccc6c5sc5ccccc56)nc34)n2)cc1. The van der Waals surface area contributed by atoms with Crippen LogP contribution < -0.4 is 0 Å². The molecule has 10 rings (SSSR count). The van der Waals surface area contributed by atoms with Gasteiger partial charge in [-0.25, -0.2) is 24.9 Å². The number of thiophene rings is 2. The van der Waals surface area contributed by atoms with E-state index in [9.17, 15) is 0 Å². The third-order valence-electron chi connectivity index (χ3n) is 8.97. The Morgan fingerprint density at radius 2 is 0.820 bits per heavy atom. The molecule has 50 heavy (non-hydrogen) atoms. The number of rotatable bonds is 5. The lowest BCUT2D eigenvalue weighted by Gasteiger charge is -2.09. The molecule has 5 nitrogen and oxygen atoms in total. The van der Waals surface area contributed by atoms with E-state index in [4.69, 9.17) is 24.9 Å². The van der Waals surface area contributed by atoms with E-state index >= 15 is 0 Å². The minimum atomic E-state index is 0.624. The first-order chi connectivity index (χ1) is 24.8. The largest absolute Gasteiger partial charge is 0.226 e. The van der Waals surface area contributed by atoms with Crippen LogP contribution in [-0.2, 0) is 0 Å². The van der Waals surface area contributed by atoms with Crippen LogP contribution >= 0.6 is 22.7 Å². The van der Waals surface area contributed by atoms with E-state index in [0.717, 1.165) is 59.6 Å². The predicted molar refractivity (Wildman–Crippen MR) is 208 cm³/mol. The number of hydrogen-bond acceptors (Lipinski definition) is 7. The van der Waals surface area contributed by atoms with Crippen LogP contribution in [0.15, 0.2) is 152 Å². The van der Waals surface area contributed by atoms with E-state index in [2.05, 4.69) is 84.9 Å². The molecule has 7 heteroatoms. The summed E-state index contributed by atoms with van der Waals surface area (Å²) in [6, 6.07) is 52.0. The fourth-order valence-electron chi connectivity index (χ4n) is 6.61. The van der Waals surface area contributed by atoms with Crippen molar-refractivity contribution in [3.63, 3.8) is 0 Å². The lowest BCUT2D eigenvalue weighted by molar-refractivity contribution is 1.08. The first-order valence-electron chi connectivity index (χ1n) is 16.3. The van der Waals surface area contributed by atoms with Crippen LogP contribution in [0.3, 0.4) is 0 Å². The van der Waals surface area contributed by atoms with Crippen LogP contribution in [0.5, 0.6) is 0 Å². The standard InChI is InChI=1S/C43H25N5S2/c1-4-14-26(15-5-1)35-39-36(45-42(44-35)32-23-12-21-30-29-20-10-11-25-34(29)49-37(30)32)31-22-13-24-33(38(31)50-39)43-47-40(27-16-6-2-7-17-27)46-41(48-43)28-18-8-3-9-19-28/h1-25H. The highest BCUT2D eigenvalue weighted by Crippen LogP contribution is 2.45. The topological polar surface area (TPSA) is 64.5 Å². The molecule has 0 aliphatic rings. The second-order valence-corrected chi connectivity index (χ2v) is 14.1. The number of fused-ring (bicyclic) bond motifs is 6. The van der Waals surface area contributed by atoms with Crippen molar-refractivity contribution < 1.29 is 0 Å². The van der Waals surface area contributed by atoms with Gasteiger partial charge in [0, 0.05) is 58.1 Å². The molecule has 0 spiro atoms. The Hall–Kier alpha value is -6.15.